The van der Waals surface area contributed by atoms with Crippen LogP contribution in [0.5, 0.6) is 0 Å². The number of alkyl halides is 3. The summed E-state index contributed by atoms with van der Waals surface area (Å²) in [4.78, 5) is 10.2. The van der Waals surface area contributed by atoms with Crippen LogP contribution in [0.25, 0.3) is 17.0 Å². The lowest BCUT2D eigenvalue weighted by Gasteiger charge is -2.26. The molecule has 0 saturated carbocycles. The van der Waals surface area contributed by atoms with Gasteiger partial charge in [-0.15, -0.1) is 0 Å². The van der Waals surface area contributed by atoms with Gasteiger partial charge < -0.3 is 10.0 Å². The highest BCUT2D eigenvalue weighted by atomic mass is 19.4. The molecule has 4 aromatic rings. The van der Waals surface area contributed by atoms with Gasteiger partial charge in [0.1, 0.15) is 17.5 Å². The molecule has 5 rings (SSSR count). The number of benzene rings is 1. The van der Waals surface area contributed by atoms with Crippen molar-refractivity contribution in [1.29, 1.82) is 0 Å². The van der Waals surface area contributed by atoms with E-state index in [0.29, 0.717) is 25.7 Å². The summed E-state index contributed by atoms with van der Waals surface area (Å²) < 4.78 is 69.1. The van der Waals surface area contributed by atoms with Gasteiger partial charge in [0.2, 0.25) is 5.60 Å². The summed E-state index contributed by atoms with van der Waals surface area (Å²) in [7, 11) is 0. The molecule has 1 fully saturated rings. The average Bonchev–Trinajstić information content (AvgIpc) is 3.53. The smallest absolute Gasteiger partial charge is 0.374 e. The first-order chi connectivity index (χ1) is 16.1. The van der Waals surface area contributed by atoms with Gasteiger partial charge in [-0.3, -0.25) is 5.10 Å². The third-order valence-corrected chi connectivity index (χ3v) is 5.96. The number of hydrogen-bond acceptors (Lipinski definition) is 6. The molecule has 0 unspecified atom stereocenters. The van der Waals surface area contributed by atoms with Crippen LogP contribution >= 0.6 is 0 Å². The molecule has 34 heavy (non-hydrogen) atoms. The van der Waals surface area contributed by atoms with E-state index in [-0.39, 0.29) is 22.6 Å². The van der Waals surface area contributed by atoms with Crippen LogP contribution in [0.1, 0.15) is 37.2 Å². The van der Waals surface area contributed by atoms with Crippen molar-refractivity contribution in [3.05, 3.63) is 59.7 Å². The maximum Gasteiger partial charge on any atom is 0.424 e. The molecule has 13 heteroatoms. The molecule has 0 amide bonds. The Hall–Kier alpha value is -3.61. The molecule has 0 radical (unpaired) electrons. The molecule has 0 aliphatic carbocycles. The van der Waals surface area contributed by atoms with E-state index in [1.807, 2.05) is 4.90 Å². The largest absolute Gasteiger partial charge is 0.424 e. The number of fused-ring (bicyclic) bond motifs is 1. The van der Waals surface area contributed by atoms with E-state index in [4.69, 9.17) is 0 Å². The fourth-order valence-corrected chi connectivity index (χ4v) is 4.05. The molecule has 1 aliphatic rings. The quantitative estimate of drug-likeness (QED) is 0.431. The van der Waals surface area contributed by atoms with Gasteiger partial charge in [0, 0.05) is 18.3 Å². The predicted molar refractivity (Wildman–Crippen MR) is 110 cm³/mol. The third-order valence-electron chi connectivity index (χ3n) is 5.96. The van der Waals surface area contributed by atoms with E-state index in [1.165, 1.54) is 16.8 Å². The topological polar surface area (TPSA) is 95.2 Å². The molecular formula is C21H18F5N7O. The third kappa shape index (κ3) is 3.56. The Morgan fingerprint density at radius 3 is 2.71 bits per heavy atom. The maximum atomic E-state index is 14.4. The first-order valence-corrected chi connectivity index (χ1v) is 10.3. The average molecular weight is 479 g/mol. The molecule has 2 atom stereocenters. The number of anilines is 1. The maximum absolute atomic E-state index is 14.4. The zero-order chi connectivity index (χ0) is 24.3. The zero-order valence-electron chi connectivity index (χ0n) is 17.7. The number of hydrogen-bond donors (Lipinski definition) is 2. The molecular weight excluding hydrogens is 461 g/mol. The number of nitrogens with one attached hydrogen (secondary N) is 1. The van der Waals surface area contributed by atoms with Crippen LogP contribution in [0, 0.1) is 11.6 Å². The Kier molecular flexibility index (Phi) is 5.04. The lowest BCUT2D eigenvalue weighted by molar-refractivity contribution is -0.261. The van der Waals surface area contributed by atoms with Gasteiger partial charge >= 0.3 is 6.18 Å². The second-order valence-corrected chi connectivity index (χ2v) is 8.21. The minimum Gasteiger partial charge on any atom is -0.374 e. The van der Waals surface area contributed by atoms with Crippen LogP contribution in [-0.4, -0.2) is 47.6 Å². The fraction of sp³-hybridized carbons (Fsp3) is 0.333. The zero-order valence-corrected chi connectivity index (χ0v) is 17.7. The Balaban J connectivity index is 1.53. The number of aromatic nitrogens is 6. The summed E-state index contributed by atoms with van der Waals surface area (Å²) in [6.07, 6.45) is -0.702. The van der Waals surface area contributed by atoms with Gasteiger partial charge in [-0.2, -0.15) is 23.4 Å². The first kappa shape index (κ1) is 22.2. The minimum absolute atomic E-state index is 0.131. The van der Waals surface area contributed by atoms with Crippen molar-refractivity contribution in [1.82, 2.24) is 29.8 Å². The van der Waals surface area contributed by atoms with E-state index in [0.717, 1.165) is 18.6 Å². The van der Waals surface area contributed by atoms with Crippen LogP contribution in [0.2, 0.25) is 0 Å². The monoisotopic (exact) mass is 479 g/mol. The van der Waals surface area contributed by atoms with Crippen molar-refractivity contribution in [2.75, 3.05) is 11.4 Å². The molecule has 3 aromatic heterocycles. The number of aliphatic hydroxyl groups is 1. The Labute approximate surface area is 189 Å². The van der Waals surface area contributed by atoms with E-state index in [9.17, 15) is 27.1 Å². The highest BCUT2D eigenvalue weighted by Gasteiger charge is 2.53. The summed E-state index contributed by atoms with van der Waals surface area (Å²) in [6.45, 7) is 1.12. The van der Waals surface area contributed by atoms with Crippen molar-refractivity contribution < 1.29 is 27.1 Å². The molecule has 2 N–H and O–H groups in total. The predicted octanol–water partition coefficient (Wildman–Crippen LogP) is 3.90. The molecule has 1 saturated heterocycles. The Morgan fingerprint density at radius 2 is 1.94 bits per heavy atom. The summed E-state index contributed by atoms with van der Waals surface area (Å²) in [5.41, 5.74) is -2.52. The minimum atomic E-state index is -4.97. The summed E-state index contributed by atoms with van der Waals surface area (Å²) in [5.74, 6) is -1.51. The van der Waals surface area contributed by atoms with Crippen molar-refractivity contribution in [3.63, 3.8) is 0 Å². The molecule has 1 aromatic carbocycles. The fourth-order valence-electron chi connectivity index (χ4n) is 4.05. The summed E-state index contributed by atoms with van der Waals surface area (Å²) in [6, 6.07) is 4.54. The Bertz CT molecular complexity index is 1360. The van der Waals surface area contributed by atoms with E-state index in [1.54, 1.807) is 12.3 Å². The van der Waals surface area contributed by atoms with Gasteiger partial charge in [-0.25, -0.2) is 23.3 Å². The lowest BCUT2D eigenvalue weighted by Crippen LogP contribution is -2.40. The standard InChI is InChI=1S/C21H18F5N7O/c1-20(34,21(24,25)26)19-29-17(30-31-19)13-10-27-33-8-6-16(28-18(13)33)32-7-2-3-15(32)12-9-11(22)4-5-14(12)23/h4-6,8-10,15,34H,2-3,7H2,1H3,(H,29,30,31)/t15-,20+/m1/s1. The SMILES string of the molecule is C[C@](O)(c1nc(-c2cnn3ccc(N4CCC[C@@H]4c4cc(F)ccc4F)nc23)n[nH]1)C(F)(F)F. The number of halogens is 5. The second kappa shape index (κ2) is 7.72. The molecule has 4 heterocycles. The number of H-pyrrole nitrogens is 1. The molecule has 8 nitrogen and oxygen atoms in total. The van der Waals surface area contributed by atoms with Crippen molar-refractivity contribution in [2.24, 2.45) is 0 Å². The molecule has 0 spiro atoms. The molecule has 1 aliphatic heterocycles. The number of aromatic amines is 1. The Morgan fingerprint density at radius 1 is 1.15 bits per heavy atom. The summed E-state index contributed by atoms with van der Waals surface area (Å²) >= 11 is 0. The second-order valence-electron chi connectivity index (χ2n) is 8.21. The number of nitrogens with zero attached hydrogens (tertiary/aromatic N) is 6. The van der Waals surface area contributed by atoms with Crippen LogP contribution in [0.15, 0.2) is 36.7 Å². The van der Waals surface area contributed by atoms with Crippen molar-refractivity contribution in [2.45, 2.75) is 37.6 Å². The van der Waals surface area contributed by atoms with Crippen LogP contribution in [0.4, 0.5) is 27.8 Å². The molecule has 178 valence electrons. The van der Waals surface area contributed by atoms with Gasteiger partial charge in [0.15, 0.2) is 17.3 Å². The van der Waals surface area contributed by atoms with Gasteiger partial charge in [-0.05, 0) is 44.0 Å². The van der Waals surface area contributed by atoms with E-state index in [2.05, 4.69) is 25.3 Å². The first-order valence-electron chi connectivity index (χ1n) is 10.3. The van der Waals surface area contributed by atoms with Gasteiger partial charge in [-0.1, -0.05) is 0 Å². The van der Waals surface area contributed by atoms with E-state index >= 15 is 0 Å². The lowest BCUT2D eigenvalue weighted by atomic mass is 10.0. The highest BCUT2D eigenvalue weighted by Crippen LogP contribution is 2.39. The van der Waals surface area contributed by atoms with Crippen molar-refractivity contribution >= 4 is 11.5 Å². The number of rotatable bonds is 4. The van der Waals surface area contributed by atoms with Crippen molar-refractivity contribution in [3.8, 4) is 11.4 Å². The van der Waals surface area contributed by atoms with Crippen LogP contribution in [-0.2, 0) is 5.60 Å². The van der Waals surface area contributed by atoms with Gasteiger partial charge in [0.05, 0.1) is 17.8 Å². The van der Waals surface area contributed by atoms with Crippen LogP contribution in [0.3, 0.4) is 0 Å². The summed E-state index contributed by atoms with van der Waals surface area (Å²) in [5, 5.41) is 19.9. The molecule has 0 bridgehead atoms. The van der Waals surface area contributed by atoms with Gasteiger partial charge in [0.25, 0.3) is 0 Å². The van der Waals surface area contributed by atoms with Crippen LogP contribution < -0.4 is 4.90 Å². The normalized spacial score (nSPS) is 18.6. The highest BCUT2D eigenvalue weighted by molar-refractivity contribution is 5.73. The van der Waals surface area contributed by atoms with E-state index < -0.39 is 35.3 Å².